The molecule has 1 aromatic rings. The zero-order chi connectivity index (χ0) is 17.8. The maximum atomic E-state index is 11.9. The molecule has 0 fully saturated rings. The summed E-state index contributed by atoms with van der Waals surface area (Å²) in [5.41, 5.74) is -0.0561. The van der Waals surface area contributed by atoms with E-state index in [-0.39, 0.29) is 5.75 Å². The Morgan fingerprint density at radius 1 is 1.35 bits per heavy atom. The zero-order valence-corrected chi connectivity index (χ0v) is 13.7. The molecule has 0 saturated carbocycles. The van der Waals surface area contributed by atoms with Crippen molar-refractivity contribution in [2.75, 3.05) is 0 Å². The van der Waals surface area contributed by atoms with E-state index >= 15 is 0 Å². The molecule has 2 N–H and O–H groups in total. The van der Waals surface area contributed by atoms with Crippen LogP contribution in [0.2, 0.25) is 0 Å². The van der Waals surface area contributed by atoms with Crippen LogP contribution in [-0.4, -0.2) is 33.5 Å². The highest BCUT2D eigenvalue weighted by Crippen LogP contribution is 2.25. The third-order valence-corrected chi connectivity index (χ3v) is 2.55. The van der Waals surface area contributed by atoms with Crippen LogP contribution in [-0.2, 0) is 4.79 Å². The summed E-state index contributed by atoms with van der Waals surface area (Å²) in [4.78, 5) is 37.6. The lowest BCUT2D eigenvalue weighted by molar-refractivity contribution is -0.390. The Bertz CT molecular complexity index is 624. The van der Waals surface area contributed by atoms with E-state index in [1.807, 2.05) is 0 Å². The summed E-state index contributed by atoms with van der Waals surface area (Å²) in [6.45, 7) is 8.27. The van der Waals surface area contributed by atoms with Crippen molar-refractivity contribution in [1.29, 1.82) is 0 Å². The number of carbonyl (C=O) groups is 2. The molecule has 0 unspecified atom stereocenters. The minimum absolute atomic E-state index is 0.139. The molecule has 0 bridgehead atoms. The molecule has 1 heterocycles. The summed E-state index contributed by atoms with van der Waals surface area (Å²) in [7, 11) is 0. The highest BCUT2D eigenvalue weighted by molar-refractivity contribution is 5.96. The van der Waals surface area contributed by atoms with Gasteiger partial charge in [0.2, 0.25) is 5.75 Å². The molecular weight excluding hydrogens is 304 g/mol. The van der Waals surface area contributed by atoms with E-state index in [0.717, 1.165) is 0 Å². The second kappa shape index (κ2) is 7.03. The number of rotatable bonds is 4. The van der Waals surface area contributed by atoms with Crippen molar-refractivity contribution in [1.82, 2.24) is 15.6 Å². The van der Waals surface area contributed by atoms with Gasteiger partial charge in [0, 0.05) is 12.5 Å². The number of hydrogen-bond acceptors (Lipinski definition) is 6. The number of aromatic nitrogens is 1. The molecule has 126 valence electrons. The molecule has 3 amide bonds. The van der Waals surface area contributed by atoms with Gasteiger partial charge in [0.15, 0.2) is 6.10 Å². The lowest BCUT2D eigenvalue weighted by Gasteiger charge is -2.21. The summed E-state index contributed by atoms with van der Waals surface area (Å²) in [5, 5.41) is 15.6. The Morgan fingerprint density at radius 2 is 1.96 bits per heavy atom. The van der Waals surface area contributed by atoms with Crippen LogP contribution < -0.4 is 15.4 Å². The molecule has 1 rings (SSSR count). The number of nitrogens with one attached hydrogen (secondary N) is 2. The Morgan fingerprint density at radius 3 is 2.48 bits per heavy atom. The van der Waals surface area contributed by atoms with E-state index in [2.05, 4.69) is 15.6 Å². The van der Waals surface area contributed by atoms with Crippen LogP contribution >= 0.6 is 0 Å². The molecule has 0 saturated heterocycles. The summed E-state index contributed by atoms with van der Waals surface area (Å²) in [5.74, 6) is -1.34. The predicted molar refractivity (Wildman–Crippen MR) is 82.1 cm³/mol. The molecule has 23 heavy (non-hydrogen) atoms. The number of nitrogens with zero attached hydrogens (tertiary/aromatic N) is 2. The third kappa shape index (κ3) is 5.89. The molecule has 1 aromatic heterocycles. The van der Waals surface area contributed by atoms with Gasteiger partial charge in [-0.2, -0.15) is 0 Å². The van der Waals surface area contributed by atoms with Crippen LogP contribution in [0.25, 0.3) is 0 Å². The first kappa shape index (κ1) is 18.3. The summed E-state index contributed by atoms with van der Waals surface area (Å²) in [6, 6.07) is 2.22. The molecule has 0 radical (unpaired) electrons. The van der Waals surface area contributed by atoms with Gasteiger partial charge in [0.05, 0.1) is 0 Å². The first-order valence-electron chi connectivity index (χ1n) is 6.91. The fourth-order valence-electron chi connectivity index (χ4n) is 1.58. The van der Waals surface area contributed by atoms with Crippen LogP contribution in [0.4, 0.5) is 10.6 Å². The second-order valence-corrected chi connectivity index (χ2v) is 5.98. The van der Waals surface area contributed by atoms with Gasteiger partial charge in [-0.1, -0.05) is 0 Å². The van der Waals surface area contributed by atoms with E-state index in [1.165, 1.54) is 19.1 Å². The van der Waals surface area contributed by atoms with Crippen molar-refractivity contribution < 1.29 is 19.2 Å². The minimum atomic E-state index is -1.11. The topological polar surface area (TPSA) is 123 Å². The fraction of sp³-hybridized carbons (Fsp3) is 0.500. The van der Waals surface area contributed by atoms with Crippen molar-refractivity contribution in [2.24, 2.45) is 0 Å². The smallest absolute Gasteiger partial charge is 0.406 e. The molecule has 0 spiro atoms. The largest absolute Gasteiger partial charge is 0.473 e. The van der Waals surface area contributed by atoms with Gasteiger partial charge in [-0.3, -0.25) is 10.1 Å². The first-order valence-corrected chi connectivity index (χ1v) is 6.91. The van der Waals surface area contributed by atoms with Crippen LogP contribution in [0.5, 0.6) is 5.75 Å². The van der Waals surface area contributed by atoms with E-state index < -0.39 is 34.3 Å². The summed E-state index contributed by atoms with van der Waals surface area (Å²) in [6.07, 6.45) is -1.11. The Labute approximate surface area is 133 Å². The molecule has 1 atom stereocenters. The zero-order valence-electron chi connectivity index (χ0n) is 13.7. The van der Waals surface area contributed by atoms with Crippen molar-refractivity contribution in [3.63, 3.8) is 0 Å². The van der Waals surface area contributed by atoms with Gasteiger partial charge < -0.3 is 20.2 Å². The van der Waals surface area contributed by atoms with Crippen LogP contribution in [0.15, 0.2) is 12.1 Å². The van der Waals surface area contributed by atoms with Gasteiger partial charge in [-0.05, 0) is 49.7 Å². The monoisotopic (exact) mass is 324 g/mol. The molecular formula is C14H20N4O5. The van der Waals surface area contributed by atoms with E-state index in [9.17, 15) is 19.7 Å². The maximum absolute atomic E-state index is 11.9. The van der Waals surface area contributed by atoms with Crippen LogP contribution in [0.1, 0.15) is 33.4 Å². The number of amides is 3. The van der Waals surface area contributed by atoms with Gasteiger partial charge in [-0.15, -0.1) is 0 Å². The number of nitro groups is 1. The lowest BCUT2D eigenvalue weighted by Crippen LogP contribution is -2.50. The number of aryl methyl sites for hydroxylation is 1. The second-order valence-electron chi connectivity index (χ2n) is 5.98. The number of pyridine rings is 1. The third-order valence-electron chi connectivity index (χ3n) is 2.55. The average molecular weight is 324 g/mol. The van der Waals surface area contributed by atoms with Crippen molar-refractivity contribution in [2.45, 2.75) is 46.3 Å². The predicted octanol–water partition coefficient (Wildman–Crippen LogP) is 1.69. The van der Waals surface area contributed by atoms with Gasteiger partial charge in [0.25, 0.3) is 5.91 Å². The van der Waals surface area contributed by atoms with Crippen LogP contribution in [0.3, 0.4) is 0 Å². The van der Waals surface area contributed by atoms with E-state index in [4.69, 9.17) is 4.74 Å². The number of hydrogen-bond donors (Lipinski definition) is 2. The standard InChI is InChI=1S/C14H20N4O5/c1-8-6-7-10(11(15-8)18(21)22)23-9(2)12(19)16-13(20)17-14(3,4)5/h6-7,9H,1-5H3,(H2,16,17,19,20)/t9-/m1/s1. The summed E-state index contributed by atoms with van der Waals surface area (Å²) < 4.78 is 5.26. The van der Waals surface area contributed by atoms with Gasteiger partial charge in [-0.25, -0.2) is 4.79 Å². The highest BCUT2D eigenvalue weighted by atomic mass is 16.6. The number of carbonyl (C=O) groups excluding carboxylic acids is 2. The van der Waals surface area contributed by atoms with E-state index in [1.54, 1.807) is 27.7 Å². The first-order chi connectivity index (χ1) is 10.5. The van der Waals surface area contributed by atoms with Crippen molar-refractivity contribution in [3.8, 4) is 5.75 Å². The average Bonchev–Trinajstić information content (AvgIpc) is 2.38. The fourth-order valence-corrected chi connectivity index (χ4v) is 1.58. The molecule has 0 aliphatic carbocycles. The van der Waals surface area contributed by atoms with Gasteiger partial charge >= 0.3 is 11.8 Å². The van der Waals surface area contributed by atoms with Crippen LogP contribution in [0, 0.1) is 17.0 Å². The number of imide groups is 1. The van der Waals surface area contributed by atoms with Gasteiger partial charge in [0.1, 0.15) is 5.69 Å². The Hall–Kier alpha value is -2.71. The molecule has 0 aliphatic rings. The van der Waals surface area contributed by atoms with Crippen molar-refractivity contribution in [3.05, 3.63) is 27.9 Å². The quantitative estimate of drug-likeness (QED) is 0.641. The maximum Gasteiger partial charge on any atom is 0.406 e. The normalized spacial score (nSPS) is 12.2. The Balaban J connectivity index is 2.76. The van der Waals surface area contributed by atoms with E-state index in [0.29, 0.717) is 5.69 Å². The summed E-state index contributed by atoms with van der Waals surface area (Å²) >= 11 is 0. The Kier molecular flexibility index (Phi) is 5.61. The van der Waals surface area contributed by atoms with Crippen molar-refractivity contribution >= 4 is 17.8 Å². The molecule has 9 nitrogen and oxygen atoms in total. The molecule has 9 heteroatoms. The highest BCUT2D eigenvalue weighted by Gasteiger charge is 2.24. The lowest BCUT2D eigenvalue weighted by atomic mass is 10.1. The number of ether oxygens (including phenoxy) is 1. The molecule has 0 aromatic carbocycles. The number of urea groups is 1. The SMILES string of the molecule is Cc1ccc(O[C@H](C)C(=O)NC(=O)NC(C)(C)C)c([N+](=O)[O-])n1. The minimum Gasteiger partial charge on any atom is -0.473 e. The molecule has 0 aliphatic heterocycles.